The van der Waals surface area contributed by atoms with Gasteiger partial charge in [0.2, 0.25) is 0 Å². The lowest BCUT2D eigenvalue weighted by molar-refractivity contribution is 0.552. The number of hydrogen-bond donors (Lipinski definition) is 3. The molecule has 0 bridgehead atoms. The van der Waals surface area contributed by atoms with Gasteiger partial charge < -0.3 is 15.3 Å². The first-order valence-corrected chi connectivity index (χ1v) is 6.12. The topological polar surface area (TPSA) is 56.5 Å². The molecule has 3 N–H and O–H groups in total. The first kappa shape index (κ1) is 11.0. The second-order valence-corrected chi connectivity index (χ2v) is 4.44. The van der Waals surface area contributed by atoms with Crippen LogP contribution < -0.4 is 5.32 Å². The number of para-hydroxylation sites is 1. The zero-order valence-electron chi connectivity index (χ0n) is 10.3. The van der Waals surface area contributed by atoms with Crippen LogP contribution in [0.25, 0.3) is 10.9 Å². The van der Waals surface area contributed by atoms with Crippen LogP contribution in [0.15, 0.2) is 42.9 Å². The Balaban J connectivity index is 1.73. The summed E-state index contributed by atoms with van der Waals surface area (Å²) in [5.41, 5.74) is 2.46. The third-order valence-corrected chi connectivity index (χ3v) is 3.20. The van der Waals surface area contributed by atoms with Crippen LogP contribution in [0, 0.1) is 0 Å². The van der Waals surface area contributed by atoms with Crippen molar-refractivity contribution in [3.8, 4) is 0 Å². The highest BCUT2D eigenvalue weighted by molar-refractivity contribution is 5.82. The molecule has 3 aromatic rings. The van der Waals surface area contributed by atoms with Crippen molar-refractivity contribution in [1.82, 2.24) is 20.3 Å². The highest BCUT2D eigenvalue weighted by atomic mass is 15.0. The number of H-pyrrole nitrogens is 2. The maximum absolute atomic E-state index is 4.25. The molecule has 92 valence electrons. The van der Waals surface area contributed by atoms with Gasteiger partial charge in [0.05, 0.1) is 6.04 Å². The predicted molar refractivity (Wildman–Crippen MR) is 72.1 cm³/mol. The van der Waals surface area contributed by atoms with E-state index in [-0.39, 0.29) is 6.04 Å². The summed E-state index contributed by atoms with van der Waals surface area (Å²) in [7, 11) is 0. The van der Waals surface area contributed by atoms with Gasteiger partial charge in [0.1, 0.15) is 5.82 Å². The summed E-state index contributed by atoms with van der Waals surface area (Å²) in [5, 5.41) is 4.74. The third kappa shape index (κ3) is 2.02. The van der Waals surface area contributed by atoms with E-state index >= 15 is 0 Å². The molecule has 0 spiro atoms. The number of nitrogens with zero attached hydrogens (tertiary/aromatic N) is 1. The van der Waals surface area contributed by atoms with Crippen molar-refractivity contribution in [2.75, 3.05) is 0 Å². The molecule has 3 rings (SSSR count). The van der Waals surface area contributed by atoms with Crippen molar-refractivity contribution in [1.29, 1.82) is 0 Å². The number of aromatic nitrogens is 3. The minimum Gasteiger partial charge on any atom is -0.361 e. The zero-order chi connectivity index (χ0) is 12.4. The Morgan fingerprint density at radius 2 is 2.17 bits per heavy atom. The number of nitrogens with one attached hydrogen (secondary N) is 3. The number of rotatable bonds is 4. The summed E-state index contributed by atoms with van der Waals surface area (Å²) >= 11 is 0. The minimum absolute atomic E-state index is 0.216. The predicted octanol–water partition coefficient (Wildman–Crippen LogP) is 2.74. The van der Waals surface area contributed by atoms with E-state index in [1.807, 2.05) is 12.3 Å². The van der Waals surface area contributed by atoms with Gasteiger partial charge in [-0.25, -0.2) is 4.98 Å². The molecule has 4 nitrogen and oxygen atoms in total. The standard InChI is InChI=1S/C14H16N4/c1-10(14-15-6-7-16-14)17-8-11-9-18-13-5-3-2-4-12(11)13/h2-7,9-10,17-18H,8H2,1H3,(H,15,16). The van der Waals surface area contributed by atoms with Crippen LogP contribution in [-0.4, -0.2) is 15.0 Å². The summed E-state index contributed by atoms with van der Waals surface area (Å²) in [4.78, 5) is 10.7. The van der Waals surface area contributed by atoms with E-state index in [2.05, 4.69) is 51.6 Å². The molecule has 0 saturated carbocycles. The van der Waals surface area contributed by atoms with Gasteiger partial charge in [0.15, 0.2) is 0 Å². The van der Waals surface area contributed by atoms with Crippen LogP contribution in [0.5, 0.6) is 0 Å². The Labute approximate surface area is 105 Å². The molecule has 0 aliphatic heterocycles. The van der Waals surface area contributed by atoms with Crippen LogP contribution in [0.1, 0.15) is 24.4 Å². The second-order valence-electron chi connectivity index (χ2n) is 4.44. The van der Waals surface area contributed by atoms with E-state index in [0.29, 0.717) is 0 Å². The van der Waals surface area contributed by atoms with Gasteiger partial charge in [0.25, 0.3) is 0 Å². The zero-order valence-corrected chi connectivity index (χ0v) is 10.3. The van der Waals surface area contributed by atoms with Crippen LogP contribution in [0.2, 0.25) is 0 Å². The smallest absolute Gasteiger partial charge is 0.122 e. The van der Waals surface area contributed by atoms with E-state index < -0.39 is 0 Å². The van der Waals surface area contributed by atoms with Gasteiger partial charge in [-0.15, -0.1) is 0 Å². The summed E-state index contributed by atoms with van der Waals surface area (Å²) < 4.78 is 0. The molecule has 0 aliphatic carbocycles. The normalized spacial score (nSPS) is 12.9. The molecular weight excluding hydrogens is 224 g/mol. The number of benzene rings is 1. The van der Waals surface area contributed by atoms with E-state index in [4.69, 9.17) is 0 Å². The molecule has 18 heavy (non-hydrogen) atoms. The van der Waals surface area contributed by atoms with Crippen molar-refractivity contribution in [2.24, 2.45) is 0 Å². The molecule has 1 aromatic carbocycles. The highest BCUT2D eigenvalue weighted by Gasteiger charge is 2.08. The van der Waals surface area contributed by atoms with E-state index in [1.54, 1.807) is 6.20 Å². The van der Waals surface area contributed by atoms with Gasteiger partial charge >= 0.3 is 0 Å². The molecule has 2 aromatic heterocycles. The third-order valence-electron chi connectivity index (χ3n) is 3.20. The Kier molecular flexibility index (Phi) is 2.86. The minimum atomic E-state index is 0.216. The summed E-state index contributed by atoms with van der Waals surface area (Å²) in [6.07, 6.45) is 5.69. The van der Waals surface area contributed by atoms with Gasteiger partial charge in [0, 0.05) is 36.0 Å². The molecule has 0 radical (unpaired) electrons. The van der Waals surface area contributed by atoms with E-state index in [9.17, 15) is 0 Å². The summed E-state index contributed by atoms with van der Waals surface area (Å²) in [6, 6.07) is 8.56. The number of fused-ring (bicyclic) bond motifs is 1. The molecule has 4 heteroatoms. The van der Waals surface area contributed by atoms with Gasteiger partial charge in [-0.2, -0.15) is 0 Å². The Morgan fingerprint density at radius 3 is 3.00 bits per heavy atom. The van der Waals surface area contributed by atoms with Crippen molar-refractivity contribution >= 4 is 10.9 Å². The Hall–Kier alpha value is -2.07. The fourth-order valence-corrected chi connectivity index (χ4v) is 2.15. The van der Waals surface area contributed by atoms with Crippen molar-refractivity contribution in [3.63, 3.8) is 0 Å². The Morgan fingerprint density at radius 1 is 1.28 bits per heavy atom. The Bertz CT molecular complexity index is 624. The molecule has 1 unspecified atom stereocenters. The fraction of sp³-hybridized carbons (Fsp3) is 0.214. The number of aromatic amines is 2. The lowest BCUT2D eigenvalue weighted by Gasteiger charge is -2.10. The first-order valence-electron chi connectivity index (χ1n) is 6.12. The highest BCUT2D eigenvalue weighted by Crippen LogP contribution is 2.18. The molecule has 2 heterocycles. The maximum Gasteiger partial charge on any atom is 0.122 e. The largest absolute Gasteiger partial charge is 0.361 e. The number of hydrogen-bond acceptors (Lipinski definition) is 2. The summed E-state index contributed by atoms with van der Waals surface area (Å²) in [6.45, 7) is 2.93. The van der Waals surface area contributed by atoms with E-state index in [0.717, 1.165) is 12.4 Å². The lowest BCUT2D eigenvalue weighted by Crippen LogP contribution is -2.18. The van der Waals surface area contributed by atoms with Crippen LogP contribution in [0.3, 0.4) is 0 Å². The average molecular weight is 240 g/mol. The first-order chi connectivity index (χ1) is 8.84. The SMILES string of the molecule is CC(NCc1c[nH]c2ccccc12)c1ncc[nH]1. The summed E-state index contributed by atoms with van der Waals surface area (Å²) in [5.74, 6) is 0.967. The van der Waals surface area contributed by atoms with Gasteiger partial charge in [-0.1, -0.05) is 18.2 Å². The molecule has 0 aliphatic rings. The lowest BCUT2D eigenvalue weighted by atomic mass is 10.1. The maximum atomic E-state index is 4.25. The van der Waals surface area contributed by atoms with Crippen molar-refractivity contribution < 1.29 is 0 Å². The van der Waals surface area contributed by atoms with Crippen LogP contribution in [0.4, 0.5) is 0 Å². The molecular formula is C14H16N4. The fourth-order valence-electron chi connectivity index (χ4n) is 2.15. The van der Waals surface area contributed by atoms with Crippen LogP contribution >= 0.6 is 0 Å². The van der Waals surface area contributed by atoms with Crippen LogP contribution in [-0.2, 0) is 6.54 Å². The van der Waals surface area contributed by atoms with Gasteiger partial charge in [-0.05, 0) is 18.6 Å². The quantitative estimate of drug-likeness (QED) is 0.656. The second kappa shape index (κ2) is 4.66. The van der Waals surface area contributed by atoms with Crippen molar-refractivity contribution in [3.05, 3.63) is 54.2 Å². The van der Waals surface area contributed by atoms with Crippen molar-refractivity contribution in [2.45, 2.75) is 19.5 Å². The molecule has 1 atom stereocenters. The molecule has 0 fully saturated rings. The van der Waals surface area contributed by atoms with E-state index in [1.165, 1.54) is 16.5 Å². The number of imidazole rings is 1. The van der Waals surface area contributed by atoms with Gasteiger partial charge in [-0.3, -0.25) is 0 Å². The monoisotopic (exact) mass is 240 g/mol. The molecule has 0 amide bonds. The average Bonchev–Trinajstić information content (AvgIpc) is 3.06. The molecule has 0 saturated heterocycles.